The summed E-state index contributed by atoms with van der Waals surface area (Å²) in [6, 6.07) is 9.57. The average Bonchev–Trinajstić information content (AvgIpc) is 3.00. The first-order valence-electron chi connectivity index (χ1n) is 8.88. The highest BCUT2D eigenvalue weighted by atomic mass is 16.2. The lowest BCUT2D eigenvalue weighted by molar-refractivity contribution is 0.0935. The Bertz CT molecular complexity index is 930. The molecule has 4 rings (SSSR count). The summed E-state index contributed by atoms with van der Waals surface area (Å²) in [5.74, 6) is 1.18. The molecule has 3 aromatic rings. The molecule has 4 heterocycles. The standard InChI is InChI=1S/C19H21N7O/c1-13-9-17(25(2)24-13)19(27)21-10-14-11-26(12-14)18-4-3-16(22-23-18)15-5-7-20-8-6-15/h3-9,14H,10-12H2,1-2H3,(H,21,27). The normalized spacial score (nSPS) is 14.1. The number of hydrogen-bond acceptors (Lipinski definition) is 6. The van der Waals surface area contributed by atoms with Gasteiger partial charge in [-0.15, -0.1) is 10.2 Å². The fraction of sp³-hybridized carbons (Fsp3) is 0.316. The molecule has 0 saturated carbocycles. The molecule has 0 aliphatic carbocycles. The summed E-state index contributed by atoms with van der Waals surface area (Å²) in [7, 11) is 1.78. The molecule has 0 unspecified atom stereocenters. The number of hydrogen-bond donors (Lipinski definition) is 1. The monoisotopic (exact) mass is 363 g/mol. The minimum absolute atomic E-state index is 0.0851. The van der Waals surface area contributed by atoms with E-state index in [-0.39, 0.29) is 5.91 Å². The van der Waals surface area contributed by atoms with Crippen molar-refractivity contribution in [3.63, 3.8) is 0 Å². The van der Waals surface area contributed by atoms with Crippen LogP contribution >= 0.6 is 0 Å². The van der Waals surface area contributed by atoms with E-state index in [1.165, 1.54) is 0 Å². The van der Waals surface area contributed by atoms with Gasteiger partial charge in [-0.2, -0.15) is 5.10 Å². The summed E-state index contributed by atoms with van der Waals surface area (Å²) in [5.41, 5.74) is 3.25. The van der Waals surface area contributed by atoms with Crippen LogP contribution in [-0.4, -0.2) is 50.5 Å². The van der Waals surface area contributed by atoms with Crippen molar-refractivity contribution in [2.24, 2.45) is 13.0 Å². The topological polar surface area (TPSA) is 88.8 Å². The molecule has 1 aliphatic rings. The third-order valence-electron chi connectivity index (χ3n) is 4.69. The van der Waals surface area contributed by atoms with Crippen molar-refractivity contribution in [1.29, 1.82) is 0 Å². The van der Waals surface area contributed by atoms with Crippen LogP contribution in [0.5, 0.6) is 0 Å². The van der Waals surface area contributed by atoms with Gasteiger partial charge >= 0.3 is 0 Å². The second-order valence-corrected chi connectivity index (χ2v) is 6.79. The van der Waals surface area contributed by atoms with Gasteiger partial charge in [0.25, 0.3) is 5.91 Å². The first kappa shape index (κ1) is 17.1. The zero-order chi connectivity index (χ0) is 18.8. The Morgan fingerprint density at radius 1 is 1.19 bits per heavy atom. The Morgan fingerprint density at radius 2 is 1.96 bits per heavy atom. The molecule has 1 amide bonds. The molecule has 3 aromatic heterocycles. The third-order valence-corrected chi connectivity index (χ3v) is 4.69. The summed E-state index contributed by atoms with van der Waals surface area (Å²) in [6.07, 6.45) is 3.48. The molecule has 0 radical (unpaired) electrons. The van der Waals surface area contributed by atoms with Crippen molar-refractivity contribution in [2.45, 2.75) is 6.92 Å². The van der Waals surface area contributed by atoms with Gasteiger partial charge in [-0.1, -0.05) is 0 Å². The Balaban J connectivity index is 1.28. The smallest absolute Gasteiger partial charge is 0.269 e. The fourth-order valence-corrected chi connectivity index (χ4v) is 3.21. The second kappa shape index (κ2) is 7.14. The molecule has 1 N–H and O–H groups in total. The van der Waals surface area contributed by atoms with Crippen LogP contribution in [0, 0.1) is 12.8 Å². The van der Waals surface area contributed by atoms with Gasteiger partial charge in [0.15, 0.2) is 5.82 Å². The number of carbonyl (C=O) groups excluding carboxylic acids is 1. The van der Waals surface area contributed by atoms with Gasteiger partial charge < -0.3 is 10.2 Å². The highest BCUT2D eigenvalue weighted by Crippen LogP contribution is 2.23. The lowest BCUT2D eigenvalue weighted by atomic mass is 10.00. The van der Waals surface area contributed by atoms with Crippen molar-refractivity contribution in [3.05, 3.63) is 54.1 Å². The molecule has 27 heavy (non-hydrogen) atoms. The average molecular weight is 363 g/mol. The summed E-state index contributed by atoms with van der Waals surface area (Å²) >= 11 is 0. The van der Waals surface area contributed by atoms with Crippen molar-refractivity contribution >= 4 is 11.7 Å². The number of nitrogens with zero attached hydrogens (tertiary/aromatic N) is 6. The summed E-state index contributed by atoms with van der Waals surface area (Å²) in [6.45, 7) is 4.23. The van der Waals surface area contributed by atoms with E-state index in [9.17, 15) is 4.79 Å². The maximum Gasteiger partial charge on any atom is 0.269 e. The number of anilines is 1. The fourth-order valence-electron chi connectivity index (χ4n) is 3.21. The van der Waals surface area contributed by atoms with Crippen molar-refractivity contribution in [2.75, 3.05) is 24.5 Å². The van der Waals surface area contributed by atoms with Crippen molar-refractivity contribution < 1.29 is 4.79 Å². The predicted octanol–water partition coefficient (Wildman–Crippen LogP) is 1.45. The Hall–Kier alpha value is -3.29. The molecular weight excluding hydrogens is 342 g/mol. The van der Waals surface area contributed by atoms with Crippen LogP contribution in [-0.2, 0) is 7.05 Å². The van der Waals surface area contributed by atoms with Crippen LogP contribution in [0.25, 0.3) is 11.3 Å². The van der Waals surface area contributed by atoms with Gasteiger partial charge in [-0.25, -0.2) is 0 Å². The second-order valence-electron chi connectivity index (χ2n) is 6.79. The summed E-state index contributed by atoms with van der Waals surface area (Å²) in [5, 5.41) is 15.8. The predicted molar refractivity (Wildman–Crippen MR) is 101 cm³/mol. The molecule has 8 nitrogen and oxygen atoms in total. The molecule has 1 aliphatic heterocycles. The Morgan fingerprint density at radius 3 is 2.59 bits per heavy atom. The van der Waals surface area contributed by atoms with E-state index in [1.54, 1.807) is 30.2 Å². The molecule has 8 heteroatoms. The number of rotatable bonds is 5. The van der Waals surface area contributed by atoms with E-state index in [2.05, 4.69) is 30.5 Å². The number of carbonyl (C=O) groups is 1. The third kappa shape index (κ3) is 3.64. The van der Waals surface area contributed by atoms with Gasteiger partial charge in [0.2, 0.25) is 0 Å². The quantitative estimate of drug-likeness (QED) is 0.738. The van der Waals surface area contributed by atoms with Crippen LogP contribution in [0.15, 0.2) is 42.7 Å². The van der Waals surface area contributed by atoms with Crippen LogP contribution in [0.4, 0.5) is 5.82 Å². The van der Waals surface area contributed by atoms with Crippen LogP contribution in [0.3, 0.4) is 0 Å². The van der Waals surface area contributed by atoms with E-state index in [1.807, 2.05) is 31.2 Å². The van der Waals surface area contributed by atoms with Crippen molar-refractivity contribution in [3.8, 4) is 11.3 Å². The first-order chi connectivity index (χ1) is 13.1. The van der Waals surface area contributed by atoms with Crippen LogP contribution in [0.1, 0.15) is 16.2 Å². The molecule has 1 fully saturated rings. The SMILES string of the molecule is Cc1cc(C(=O)NCC2CN(c3ccc(-c4ccncc4)nn3)C2)n(C)n1. The molecule has 0 spiro atoms. The molecule has 138 valence electrons. The highest BCUT2D eigenvalue weighted by molar-refractivity contribution is 5.92. The van der Waals surface area contributed by atoms with Gasteiger partial charge in [-0.3, -0.25) is 14.5 Å². The zero-order valence-electron chi connectivity index (χ0n) is 15.3. The number of pyridine rings is 1. The van der Waals surface area contributed by atoms with E-state index in [0.717, 1.165) is 35.9 Å². The van der Waals surface area contributed by atoms with E-state index in [4.69, 9.17) is 0 Å². The van der Waals surface area contributed by atoms with Crippen molar-refractivity contribution in [1.82, 2.24) is 30.3 Å². The zero-order valence-corrected chi connectivity index (χ0v) is 15.3. The molecule has 0 aromatic carbocycles. The maximum absolute atomic E-state index is 12.2. The molecule has 1 saturated heterocycles. The molecular formula is C19H21N7O. The molecule has 0 bridgehead atoms. The van der Waals surface area contributed by atoms with E-state index in [0.29, 0.717) is 18.2 Å². The van der Waals surface area contributed by atoms with Gasteiger partial charge in [0.05, 0.1) is 11.4 Å². The van der Waals surface area contributed by atoms with Gasteiger partial charge in [-0.05, 0) is 37.3 Å². The highest BCUT2D eigenvalue weighted by Gasteiger charge is 2.28. The summed E-state index contributed by atoms with van der Waals surface area (Å²) in [4.78, 5) is 18.4. The minimum Gasteiger partial charge on any atom is -0.354 e. The minimum atomic E-state index is -0.0851. The largest absolute Gasteiger partial charge is 0.354 e. The van der Waals surface area contributed by atoms with Crippen LogP contribution < -0.4 is 10.2 Å². The summed E-state index contributed by atoms with van der Waals surface area (Å²) < 4.78 is 1.61. The number of amides is 1. The lowest BCUT2D eigenvalue weighted by Crippen LogP contribution is -2.52. The van der Waals surface area contributed by atoms with Crippen LogP contribution in [0.2, 0.25) is 0 Å². The Kier molecular flexibility index (Phi) is 4.53. The molecule has 0 atom stereocenters. The maximum atomic E-state index is 12.2. The lowest BCUT2D eigenvalue weighted by Gasteiger charge is -2.39. The Labute approximate surface area is 157 Å². The first-order valence-corrected chi connectivity index (χ1v) is 8.88. The van der Waals surface area contributed by atoms with E-state index < -0.39 is 0 Å². The number of aromatic nitrogens is 5. The number of aryl methyl sites for hydroxylation is 2. The van der Waals surface area contributed by atoms with Gasteiger partial charge in [0, 0.05) is 50.6 Å². The number of nitrogens with one attached hydrogen (secondary N) is 1. The van der Waals surface area contributed by atoms with E-state index >= 15 is 0 Å². The van der Waals surface area contributed by atoms with Gasteiger partial charge in [0.1, 0.15) is 5.69 Å².